The number of nitrogens with zero attached hydrogens (tertiary/aromatic N) is 2. The maximum atomic E-state index is 14.8. The number of hydrogen-bond donors (Lipinski definition) is 4. The van der Waals surface area contributed by atoms with Gasteiger partial charge in [-0.05, 0) is 37.1 Å². The molecule has 0 radical (unpaired) electrons. The Balaban J connectivity index is 1.31. The lowest BCUT2D eigenvalue weighted by atomic mass is 10.1. The largest absolute Gasteiger partial charge is 0.497 e. The van der Waals surface area contributed by atoms with Gasteiger partial charge in [0.15, 0.2) is 5.13 Å². The van der Waals surface area contributed by atoms with E-state index in [-0.39, 0.29) is 39.6 Å². The molecule has 14 heteroatoms. The van der Waals surface area contributed by atoms with Crippen LogP contribution in [0.5, 0.6) is 5.75 Å². The molecule has 2 aromatic heterocycles. The van der Waals surface area contributed by atoms with Crippen LogP contribution in [0.1, 0.15) is 23.2 Å². The highest BCUT2D eigenvalue weighted by molar-refractivity contribution is 7.23. The van der Waals surface area contributed by atoms with Gasteiger partial charge < -0.3 is 25.8 Å². The summed E-state index contributed by atoms with van der Waals surface area (Å²) in [6, 6.07) is 7.78. The van der Waals surface area contributed by atoms with Crippen LogP contribution in [-0.4, -0.2) is 48.3 Å². The van der Waals surface area contributed by atoms with Crippen molar-refractivity contribution in [2.24, 2.45) is 0 Å². The summed E-state index contributed by atoms with van der Waals surface area (Å²) in [5.41, 5.74) is 6.30. The van der Waals surface area contributed by atoms with E-state index in [2.05, 4.69) is 25.9 Å². The van der Waals surface area contributed by atoms with Gasteiger partial charge in [-0.2, -0.15) is 0 Å². The lowest BCUT2D eigenvalue weighted by Crippen LogP contribution is -2.34. The number of carbonyl (C=O) groups excluding carboxylic acids is 2. The van der Waals surface area contributed by atoms with E-state index in [0.29, 0.717) is 34.9 Å². The first-order valence-corrected chi connectivity index (χ1v) is 13.8. The topological polar surface area (TPSA) is 140 Å². The molecule has 1 atom stereocenters. The van der Waals surface area contributed by atoms with Gasteiger partial charge in [-0.1, -0.05) is 17.4 Å². The minimum atomic E-state index is -0.937. The third kappa shape index (κ3) is 6.19. The van der Waals surface area contributed by atoms with Crippen LogP contribution >= 0.6 is 22.7 Å². The molecule has 3 amide bonds. The number of nitrogens with two attached hydrogens (primary N) is 1. The number of halogens is 2. The normalized spacial score (nSPS) is 14.6. The number of anilines is 3. The van der Waals surface area contributed by atoms with E-state index in [1.807, 2.05) is 0 Å². The van der Waals surface area contributed by atoms with Gasteiger partial charge in [0.05, 0.1) is 24.6 Å². The first-order chi connectivity index (χ1) is 19.3. The predicted molar refractivity (Wildman–Crippen MR) is 150 cm³/mol. The summed E-state index contributed by atoms with van der Waals surface area (Å²) in [5.74, 6) is -1.77. The Hall–Kier alpha value is -4.14. The summed E-state index contributed by atoms with van der Waals surface area (Å²) in [4.78, 5) is 34.0. The lowest BCUT2D eigenvalue weighted by molar-refractivity contribution is 0.102. The van der Waals surface area contributed by atoms with Crippen molar-refractivity contribution in [1.82, 2.24) is 15.3 Å². The number of hydrogen-bond acceptors (Lipinski definition) is 9. The van der Waals surface area contributed by atoms with E-state index in [1.54, 1.807) is 23.6 Å². The zero-order valence-corrected chi connectivity index (χ0v) is 22.8. The van der Waals surface area contributed by atoms with Crippen molar-refractivity contribution in [3.8, 4) is 26.9 Å². The van der Waals surface area contributed by atoms with E-state index in [9.17, 15) is 18.4 Å². The molecule has 0 bridgehead atoms. The van der Waals surface area contributed by atoms with Gasteiger partial charge in [-0.15, -0.1) is 11.3 Å². The minimum Gasteiger partial charge on any atom is -0.497 e. The molecule has 1 saturated heterocycles. The second-order valence-corrected chi connectivity index (χ2v) is 10.6. The Morgan fingerprint density at radius 3 is 2.80 bits per heavy atom. The van der Waals surface area contributed by atoms with Gasteiger partial charge in [0.2, 0.25) is 0 Å². The van der Waals surface area contributed by atoms with Gasteiger partial charge >= 0.3 is 6.03 Å². The van der Waals surface area contributed by atoms with Crippen molar-refractivity contribution in [3.63, 3.8) is 0 Å². The van der Waals surface area contributed by atoms with Crippen LogP contribution in [0.3, 0.4) is 0 Å². The molecule has 0 unspecified atom stereocenters. The van der Waals surface area contributed by atoms with Crippen molar-refractivity contribution in [2.45, 2.75) is 18.9 Å². The molecule has 1 aliphatic heterocycles. The van der Waals surface area contributed by atoms with Crippen LogP contribution in [-0.2, 0) is 4.74 Å². The zero-order chi connectivity index (χ0) is 28.2. The number of ether oxygens (including phenoxy) is 2. The summed E-state index contributed by atoms with van der Waals surface area (Å²) in [7, 11) is 1.47. The van der Waals surface area contributed by atoms with E-state index < -0.39 is 23.6 Å². The van der Waals surface area contributed by atoms with Crippen molar-refractivity contribution < 1.29 is 27.8 Å². The molecule has 0 aliphatic carbocycles. The van der Waals surface area contributed by atoms with E-state index in [0.717, 1.165) is 24.2 Å². The Labute approximate surface area is 235 Å². The number of amides is 3. The third-order valence-corrected chi connectivity index (χ3v) is 7.98. The maximum Gasteiger partial charge on any atom is 0.321 e. The molecular weight excluding hydrogens is 562 g/mol. The number of methoxy groups -OCH3 is 1. The number of benzene rings is 2. The first kappa shape index (κ1) is 27.4. The van der Waals surface area contributed by atoms with Crippen molar-refractivity contribution in [1.29, 1.82) is 0 Å². The summed E-state index contributed by atoms with van der Waals surface area (Å²) in [6.45, 7) is 1.08. The third-order valence-electron chi connectivity index (χ3n) is 6.00. The molecule has 0 spiro atoms. The molecule has 4 aromatic rings. The highest BCUT2D eigenvalue weighted by atomic mass is 32.1. The van der Waals surface area contributed by atoms with Gasteiger partial charge in [-0.3, -0.25) is 10.1 Å². The SMILES string of the molecule is COc1cccc(C(=O)Nc2cc(-c3csc(-c4sc(NC(=O)NC[C@@H]5CCCO5)nc4N)n3)c(F)cc2F)c1. The molecular formula is C26H24F2N6O4S2. The maximum absolute atomic E-state index is 14.8. The fraction of sp³-hybridized carbons (Fsp3) is 0.231. The van der Waals surface area contributed by atoms with Crippen LogP contribution in [0.2, 0.25) is 0 Å². The van der Waals surface area contributed by atoms with Crippen molar-refractivity contribution in [3.05, 3.63) is 59.0 Å². The number of urea groups is 1. The summed E-state index contributed by atoms with van der Waals surface area (Å²) in [5, 5.41) is 10.1. The lowest BCUT2D eigenvalue weighted by Gasteiger charge is -2.10. The van der Waals surface area contributed by atoms with Crippen LogP contribution in [0.15, 0.2) is 41.8 Å². The van der Waals surface area contributed by atoms with Crippen LogP contribution in [0.4, 0.5) is 30.2 Å². The van der Waals surface area contributed by atoms with Crippen molar-refractivity contribution >= 4 is 51.2 Å². The number of nitrogen functional groups attached to an aromatic ring is 1. The second-order valence-electron chi connectivity index (χ2n) is 8.74. The summed E-state index contributed by atoms with van der Waals surface area (Å²) >= 11 is 2.29. The Morgan fingerprint density at radius 1 is 1.18 bits per heavy atom. The standard InChI is InChI=1S/C26H24F2N6O4S2/c1-37-14-5-2-4-13(8-14)23(35)31-19-9-16(17(27)10-18(19)28)20-12-39-24(32-20)21-22(29)33-26(40-21)34-25(36)30-11-15-6-3-7-38-15/h2,4-5,8-10,12,15H,3,6-7,11,29H2,1H3,(H,31,35)(H2,30,33,34,36)/t15-/m0/s1. The second kappa shape index (κ2) is 11.9. The number of carbonyl (C=O) groups is 2. The van der Waals surface area contributed by atoms with Gasteiger partial charge in [0, 0.05) is 35.7 Å². The van der Waals surface area contributed by atoms with Crippen molar-refractivity contribution in [2.75, 3.05) is 36.6 Å². The smallest absolute Gasteiger partial charge is 0.321 e. The first-order valence-electron chi connectivity index (χ1n) is 12.1. The van der Waals surface area contributed by atoms with Gasteiger partial charge in [0.25, 0.3) is 5.91 Å². The average Bonchev–Trinajstić information content (AvgIpc) is 3.70. The number of thiazole rings is 2. The molecule has 5 rings (SSSR count). The number of rotatable bonds is 8. The van der Waals surface area contributed by atoms with E-state index in [4.69, 9.17) is 15.2 Å². The van der Waals surface area contributed by atoms with Gasteiger partial charge in [0.1, 0.15) is 33.1 Å². The van der Waals surface area contributed by atoms with Crippen LogP contribution in [0.25, 0.3) is 21.1 Å². The molecule has 3 heterocycles. The Kier molecular flexibility index (Phi) is 8.19. The predicted octanol–water partition coefficient (Wildman–Crippen LogP) is 5.36. The Morgan fingerprint density at radius 2 is 2.02 bits per heavy atom. The number of nitrogens with one attached hydrogen (secondary N) is 3. The highest BCUT2D eigenvalue weighted by Crippen LogP contribution is 2.39. The monoisotopic (exact) mass is 586 g/mol. The minimum absolute atomic E-state index is 0.000961. The molecule has 1 fully saturated rings. The average molecular weight is 587 g/mol. The molecule has 10 nitrogen and oxygen atoms in total. The number of aromatic nitrogens is 2. The molecule has 40 heavy (non-hydrogen) atoms. The zero-order valence-electron chi connectivity index (χ0n) is 21.1. The fourth-order valence-corrected chi connectivity index (χ4v) is 5.79. The fourth-order valence-electron chi connectivity index (χ4n) is 3.99. The molecule has 208 valence electrons. The molecule has 0 saturated carbocycles. The molecule has 5 N–H and O–H groups in total. The summed E-state index contributed by atoms with van der Waals surface area (Å²) < 4.78 is 40.0. The molecule has 2 aromatic carbocycles. The van der Waals surface area contributed by atoms with E-state index in [1.165, 1.54) is 30.6 Å². The van der Waals surface area contributed by atoms with E-state index >= 15 is 0 Å². The Bertz CT molecular complexity index is 1550. The molecule has 1 aliphatic rings. The van der Waals surface area contributed by atoms with Gasteiger partial charge in [-0.25, -0.2) is 23.5 Å². The van der Waals surface area contributed by atoms with Crippen LogP contribution in [0, 0.1) is 11.6 Å². The van der Waals surface area contributed by atoms with Crippen LogP contribution < -0.4 is 26.4 Å². The highest BCUT2D eigenvalue weighted by Gasteiger charge is 2.21. The quantitative estimate of drug-likeness (QED) is 0.218. The summed E-state index contributed by atoms with van der Waals surface area (Å²) in [6.07, 6.45) is 1.86.